The van der Waals surface area contributed by atoms with Gasteiger partial charge in [-0.2, -0.15) is 8.78 Å². The summed E-state index contributed by atoms with van der Waals surface area (Å²) in [7, 11) is 0. The van der Waals surface area contributed by atoms with Crippen LogP contribution in [0.4, 0.5) is 13.2 Å². The Morgan fingerprint density at radius 3 is 1.79 bits per heavy atom. The Bertz CT molecular complexity index is 241. The third-order valence-corrected chi connectivity index (χ3v) is 1.73. The monoisotopic (exact) mass is 210 g/mol. The number of ketones is 2. The zero-order valence-electron chi connectivity index (χ0n) is 8.36. The number of rotatable bonds is 4. The molecule has 2 nitrogen and oxygen atoms in total. The largest absolute Gasteiger partial charge is 0.333 e. The van der Waals surface area contributed by atoms with Crippen LogP contribution in [0.3, 0.4) is 0 Å². The number of hydrogen-bond acceptors (Lipinski definition) is 2. The van der Waals surface area contributed by atoms with Crippen molar-refractivity contribution >= 4 is 11.6 Å². The van der Waals surface area contributed by atoms with Gasteiger partial charge in [0.1, 0.15) is 5.78 Å². The maximum atomic E-state index is 12.4. The molecule has 0 aromatic rings. The van der Waals surface area contributed by atoms with Gasteiger partial charge in [-0.25, -0.2) is 4.39 Å². The smallest absolute Gasteiger partial charge is 0.299 e. The Morgan fingerprint density at radius 1 is 1.07 bits per heavy atom. The van der Waals surface area contributed by atoms with Gasteiger partial charge in [0.25, 0.3) is 0 Å². The summed E-state index contributed by atoms with van der Waals surface area (Å²) in [6, 6.07) is 0. The van der Waals surface area contributed by atoms with Crippen LogP contribution in [0.5, 0.6) is 0 Å². The molecule has 0 aliphatic carbocycles. The summed E-state index contributed by atoms with van der Waals surface area (Å²) in [4.78, 5) is 21.9. The Hall–Kier alpha value is -0.870. The topological polar surface area (TPSA) is 34.1 Å². The van der Waals surface area contributed by atoms with Gasteiger partial charge in [-0.15, -0.1) is 0 Å². The van der Waals surface area contributed by atoms with E-state index >= 15 is 0 Å². The van der Waals surface area contributed by atoms with E-state index in [1.807, 2.05) is 0 Å². The van der Waals surface area contributed by atoms with Gasteiger partial charge in [0.2, 0.25) is 5.78 Å². The predicted molar refractivity (Wildman–Crippen MR) is 45.0 cm³/mol. The lowest BCUT2D eigenvalue weighted by Gasteiger charge is -2.17. The average Bonchev–Trinajstić information content (AvgIpc) is 2.02. The second-order valence-corrected chi connectivity index (χ2v) is 4.11. The third kappa shape index (κ3) is 3.47. The summed E-state index contributed by atoms with van der Waals surface area (Å²) in [5.74, 6) is -6.29. The van der Waals surface area contributed by atoms with Crippen molar-refractivity contribution in [2.75, 3.05) is 6.67 Å². The van der Waals surface area contributed by atoms with Gasteiger partial charge >= 0.3 is 5.92 Å². The van der Waals surface area contributed by atoms with E-state index in [4.69, 9.17) is 0 Å². The number of carbonyl (C=O) groups excluding carboxylic acids is 2. The van der Waals surface area contributed by atoms with E-state index in [1.54, 1.807) is 0 Å². The molecule has 0 spiro atoms. The molecule has 0 N–H and O–H groups in total. The van der Waals surface area contributed by atoms with E-state index in [-0.39, 0.29) is 0 Å². The van der Waals surface area contributed by atoms with Gasteiger partial charge in [0, 0.05) is 5.41 Å². The van der Waals surface area contributed by atoms with E-state index in [1.165, 1.54) is 20.8 Å². The summed E-state index contributed by atoms with van der Waals surface area (Å²) in [6.45, 7) is 2.48. The van der Waals surface area contributed by atoms with Gasteiger partial charge in [-0.05, 0) is 0 Å². The second kappa shape index (κ2) is 4.11. The number of alkyl halides is 3. The van der Waals surface area contributed by atoms with E-state index in [0.717, 1.165) is 0 Å². The first kappa shape index (κ1) is 13.1. The SMILES string of the molecule is CC(C)(C)C(=O)CC(=O)C(F)(F)CF. The third-order valence-electron chi connectivity index (χ3n) is 1.73. The van der Waals surface area contributed by atoms with Crippen LogP contribution in [0.25, 0.3) is 0 Å². The van der Waals surface area contributed by atoms with Crippen LogP contribution < -0.4 is 0 Å². The fourth-order valence-corrected chi connectivity index (χ4v) is 0.615. The van der Waals surface area contributed by atoms with Crippen molar-refractivity contribution < 1.29 is 22.8 Å². The average molecular weight is 210 g/mol. The highest BCUT2D eigenvalue weighted by atomic mass is 19.3. The Labute approximate surface area is 80.5 Å². The highest BCUT2D eigenvalue weighted by Crippen LogP contribution is 2.22. The van der Waals surface area contributed by atoms with Gasteiger partial charge in [-0.1, -0.05) is 20.8 Å². The first-order valence-electron chi connectivity index (χ1n) is 4.11. The molecule has 0 radical (unpaired) electrons. The van der Waals surface area contributed by atoms with Crippen molar-refractivity contribution in [2.24, 2.45) is 5.41 Å². The number of halogens is 3. The fraction of sp³-hybridized carbons (Fsp3) is 0.778. The zero-order valence-corrected chi connectivity index (χ0v) is 8.36. The highest BCUT2D eigenvalue weighted by molar-refractivity contribution is 6.04. The van der Waals surface area contributed by atoms with Crippen molar-refractivity contribution in [1.29, 1.82) is 0 Å². The second-order valence-electron chi connectivity index (χ2n) is 4.11. The van der Waals surface area contributed by atoms with Crippen LogP contribution in [-0.4, -0.2) is 24.2 Å². The van der Waals surface area contributed by atoms with Crippen molar-refractivity contribution in [1.82, 2.24) is 0 Å². The molecule has 0 saturated heterocycles. The molecule has 0 fully saturated rings. The van der Waals surface area contributed by atoms with Crippen molar-refractivity contribution in [3.63, 3.8) is 0 Å². The molecule has 0 aliphatic heterocycles. The van der Waals surface area contributed by atoms with Gasteiger partial charge in [0.15, 0.2) is 6.67 Å². The minimum absolute atomic E-state index is 0.615. The minimum Gasteiger partial charge on any atom is -0.299 e. The molecule has 0 unspecified atom stereocenters. The molecular formula is C9H13F3O2. The molecule has 0 heterocycles. The molecule has 0 amide bonds. The molecule has 0 rings (SSSR count). The van der Waals surface area contributed by atoms with Crippen molar-refractivity contribution in [3.8, 4) is 0 Å². The molecule has 0 aromatic carbocycles. The number of carbonyl (C=O) groups is 2. The zero-order chi connectivity index (χ0) is 11.6. The van der Waals surface area contributed by atoms with Gasteiger partial charge in [-0.3, -0.25) is 9.59 Å². The standard InChI is InChI=1S/C9H13F3O2/c1-8(2,3)6(13)4-7(14)9(11,12)5-10/h4-5H2,1-3H3. The summed E-state index contributed by atoms with van der Waals surface area (Å²) >= 11 is 0. The molecule has 14 heavy (non-hydrogen) atoms. The quantitative estimate of drug-likeness (QED) is 0.666. The number of hydrogen-bond donors (Lipinski definition) is 0. The lowest BCUT2D eigenvalue weighted by molar-refractivity contribution is -0.148. The molecule has 82 valence electrons. The van der Waals surface area contributed by atoms with Crippen molar-refractivity contribution in [2.45, 2.75) is 33.1 Å². The maximum absolute atomic E-state index is 12.4. The van der Waals surface area contributed by atoms with Crippen LogP contribution in [0.1, 0.15) is 27.2 Å². The van der Waals surface area contributed by atoms with Crippen LogP contribution in [0.15, 0.2) is 0 Å². The summed E-state index contributed by atoms with van der Waals surface area (Å²) in [5, 5.41) is 0. The van der Waals surface area contributed by atoms with Gasteiger partial charge in [0.05, 0.1) is 6.42 Å². The molecular weight excluding hydrogens is 197 g/mol. The summed E-state index contributed by atoms with van der Waals surface area (Å²) in [5.41, 5.74) is -0.859. The van der Waals surface area contributed by atoms with Crippen LogP contribution in [0.2, 0.25) is 0 Å². The Kier molecular flexibility index (Phi) is 3.85. The van der Waals surface area contributed by atoms with Crippen molar-refractivity contribution in [3.05, 3.63) is 0 Å². The minimum atomic E-state index is -4.03. The van der Waals surface area contributed by atoms with Crippen LogP contribution >= 0.6 is 0 Å². The fourth-order valence-electron chi connectivity index (χ4n) is 0.615. The highest BCUT2D eigenvalue weighted by Gasteiger charge is 2.40. The molecule has 5 heteroatoms. The van der Waals surface area contributed by atoms with E-state index < -0.39 is 36.0 Å². The maximum Gasteiger partial charge on any atom is 0.333 e. The van der Waals surface area contributed by atoms with Crippen LogP contribution in [0, 0.1) is 5.41 Å². The number of Topliss-reactive ketones (excluding diaryl/α,β-unsaturated/α-hetero) is 2. The van der Waals surface area contributed by atoms with Crippen LogP contribution in [-0.2, 0) is 9.59 Å². The predicted octanol–water partition coefficient (Wildman–Crippen LogP) is 2.17. The first-order valence-corrected chi connectivity index (χ1v) is 4.11. The lowest BCUT2D eigenvalue weighted by atomic mass is 9.87. The van der Waals surface area contributed by atoms with E-state index in [0.29, 0.717) is 0 Å². The lowest BCUT2D eigenvalue weighted by Crippen LogP contribution is -2.35. The molecule has 0 bridgehead atoms. The molecule has 0 aromatic heterocycles. The van der Waals surface area contributed by atoms with E-state index in [2.05, 4.69) is 0 Å². The first-order chi connectivity index (χ1) is 6.11. The van der Waals surface area contributed by atoms with Gasteiger partial charge < -0.3 is 0 Å². The summed E-state index contributed by atoms with van der Waals surface area (Å²) in [6.07, 6.45) is -0.916. The molecule has 0 aliphatic rings. The normalized spacial score (nSPS) is 12.7. The summed E-state index contributed by atoms with van der Waals surface area (Å²) < 4.78 is 36.5. The molecule has 0 atom stereocenters. The molecule has 0 saturated carbocycles. The Balaban J connectivity index is 4.43. The Morgan fingerprint density at radius 2 is 1.50 bits per heavy atom. The van der Waals surface area contributed by atoms with E-state index in [9.17, 15) is 22.8 Å².